The largest absolute Gasteiger partial charge is 0.382 e. The van der Waals surface area contributed by atoms with E-state index in [2.05, 4.69) is 5.32 Å². The van der Waals surface area contributed by atoms with Crippen molar-refractivity contribution >= 4 is 11.4 Å². The standard InChI is InChI=1S/C12H18N2O3/c1-9-7-10(5-6-11(9)14(15)16)13-12(2,3)8-17-4/h5-7,13H,8H2,1-4H3. The smallest absolute Gasteiger partial charge is 0.272 e. The van der Waals surface area contributed by atoms with E-state index in [0.29, 0.717) is 12.2 Å². The Balaban J connectivity index is 2.88. The molecule has 1 aromatic carbocycles. The van der Waals surface area contributed by atoms with Gasteiger partial charge in [0.2, 0.25) is 0 Å². The number of nitro groups is 1. The number of methoxy groups -OCH3 is 1. The van der Waals surface area contributed by atoms with Gasteiger partial charge >= 0.3 is 0 Å². The fourth-order valence-corrected chi connectivity index (χ4v) is 1.73. The van der Waals surface area contributed by atoms with Crippen molar-refractivity contribution in [3.05, 3.63) is 33.9 Å². The van der Waals surface area contributed by atoms with Crippen LogP contribution in [0.5, 0.6) is 0 Å². The predicted molar refractivity (Wildman–Crippen MR) is 67.4 cm³/mol. The molecule has 0 radical (unpaired) electrons. The molecule has 0 atom stereocenters. The van der Waals surface area contributed by atoms with Crippen molar-refractivity contribution in [2.45, 2.75) is 26.3 Å². The number of nitro benzene ring substituents is 1. The molecule has 5 heteroatoms. The van der Waals surface area contributed by atoms with E-state index in [9.17, 15) is 10.1 Å². The average molecular weight is 238 g/mol. The summed E-state index contributed by atoms with van der Waals surface area (Å²) in [4.78, 5) is 10.3. The lowest BCUT2D eigenvalue weighted by molar-refractivity contribution is -0.385. The fraction of sp³-hybridized carbons (Fsp3) is 0.500. The summed E-state index contributed by atoms with van der Waals surface area (Å²) in [5, 5.41) is 14.0. The maximum atomic E-state index is 10.7. The third-order valence-electron chi connectivity index (χ3n) is 2.38. The van der Waals surface area contributed by atoms with Gasteiger partial charge in [0.05, 0.1) is 17.1 Å². The van der Waals surface area contributed by atoms with Crippen molar-refractivity contribution in [3.63, 3.8) is 0 Å². The van der Waals surface area contributed by atoms with Gasteiger partial charge in [-0.3, -0.25) is 10.1 Å². The average Bonchev–Trinajstić information content (AvgIpc) is 2.15. The first-order valence-electron chi connectivity index (χ1n) is 5.38. The minimum Gasteiger partial charge on any atom is -0.382 e. The monoisotopic (exact) mass is 238 g/mol. The van der Waals surface area contributed by atoms with Crippen molar-refractivity contribution in [3.8, 4) is 0 Å². The van der Waals surface area contributed by atoms with Crippen molar-refractivity contribution < 1.29 is 9.66 Å². The van der Waals surface area contributed by atoms with Crippen molar-refractivity contribution in [2.24, 2.45) is 0 Å². The summed E-state index contributed by atoms with van der Waals surface area (Å²) < 4.78 is 5.10. The molecule has 0 saturated heterocycles. The van der Waals surface area contributed by atoms with Crippen molar-refractivity contribution in [1.29, 1.82) is 0 Å². The van der Waals surface area contributed by atoms with Crippen LogP contribution in [0.2, 0.25) is 0 Å². The highest BCUT2D eigenvalue weighted by Gasteiger charge is 2.18. The van der Waals surface area contributed by atoms with Gasteiger partial charge in [-0.2, -0.15) is 0 Å². The molecular formula is C12H18N2O3. The van der Waals surface area contributed by atoms with Crippen LogP contribution < -0.4 is 5.32 Å². The Morgan fingerprint density at radius 1 is 1.47 bits per heavy atom. The third kappa shape index (κ3) is 3.71. The number of nitrogens with zero attached hydrogens (tertiary/aromatic N) is 1. The van der Waals surface area contributed by atoms with Crippen LogP contribution in [-0.4, -0.2) is 24.2 Å². The van der Waals surface area contributed by atoms with E-state index in [0.717, 1.165) is 5.69 Å². The van der Waals surface area contributed by atoms with Gasteiger partial charge in [-0.25, -0.2) is 0 Å². The Labute approximate surface area is 101 Å². The molecule has 0 aliphatic heterocycles. The molecule has 0 spiro atoms. The number of hydrogen-bond donors (Lipinski definition) is 1. The number of benzene rings is 1. The highest BCUT2D eigenvalue weighted by molar-refractivity contribution is 5.54. The van der Waals surface area contributed by atoms with E-state index >= 15 is 0 Å². The molecule has 0 aliphatic rings. The second-order valence-corrected chi connectivity index (χ2v) is 4.70. The predicted octanol–water partition coefficient (Wildman–Crippen LogP) is 2.74. The Kier molecular flexibility index (Phi) is 4.07. The van der Waals surface area contributed by atoms with Crippen LogP contribution in [0.15, 0.2) is 18.2 Å². The molecule has 0 fully saturated rings. The van der Waals surface area contributed by atoms with Crippen LogP contribution in [-0.2, 0) is 4.74 Å². The lowest BCUT2D eigenvalue weighted by atomic mass is 10.1. The molecule has 0 amide bonds. The van der Waals surface area contributed by atoms with Gasteiger partial charge in [-0.15, -0.1) is 0 Å². The first-order valence-corrected chi connectivity index (χ1v) is 5.38. The topological polar surface area (TPSA) is 64.4 Å². The lowest BCUT2D eigenvalue weighted by Crippen LogP contribution is -2.35. The molecule has 94 valence electrons. The minimum absolute atomic E-state index is 0.139. The lowest BCUT2D eigenvalue weighted by Gasteiger charge is -2.26. The maximum absolute atomic E-state index is 10.7. The van der Waals surface area contributed by atoms with Crippen LogP contribution in [0.3, 0.4) is 0 Å². The molecule has 1 aromatic rings. The first kappa shape index (κ1) is 13.4. The number of nitrogens with one attached hydrogen (secondary N) is 1. The van der Waals surface area contributed by atoms with Gasteiger partial charge in [-0.05, 0) is 32.9 Å². The first-order chi connectivity index (χ1) is 7.85. The SMILES string of the molecule is COCC(C)(C)Nc1ccc([N+](=O)[O-])c(C)c1. The highest BCUT2D eigenvalue weighted by Crippen LogP contribution is 2.23. The van der Waals surface area contributed by atoms with Gasteiger partial charge in [-0.1, -0.05) is 0 Å². The quantitative estimate of drug-likeness (QED) is 0.632. The third-order valence-corrected chi connectivity index (χ3v) is 2.38. The highest BCUT2D eigenvalue weighted by atomic mass is 16.6. The Hall–Kier alpha value is -1.62. The second kappa shape index (κ2) is 5.14. The summed E-state index contributed by atoms with van der Waals surface area (Å²) in [6, 6.07) is 5.00. The number of anilines is 1. The minimum atomic E-state index is -0.376. The zero-order valence-electron chi connectivity index (χ0n) is 10.6. The van der Waals surface area contributed by atoms with E-state index in [1.54, 1.807) is 26.2 Å². The van der Waals surface area contributed by atoms with Gasteiger partial charge in [0.15, 0.2) is 0 Å². The second-order valence-electron chi connectivity index (χ2n) is 4.70. The van der Waals surface area contributed by atoms with E-state index < -0.39 is 0 Å². The molecule has 0 heterocycles. The van der Waals surface area contributed by atoms with Crippen LogP contribution in [0.25, 0.3) is 0 Å². The van der Waals surface area contributed by atoms with Gasteiger partial charge in [0, 0.05) is 24.4 Å². The Morgan fingerprint density at radius 2 is 2.12 bits per heavy atom. The molecule has 1 N–H and O–H groups in total. The molecule has 5 nitrogen and oxygen atoms in total. The van der Waals surface area contributed by atoms with Crippen LogP contribution in [0.1, 0.15) is 19.4 Å². The zero-order valence-corrected chi connectivity index (χ0v) is 10.6. The van der Waals surface area contributed by atoms with Crippen LogP contribution in [0.4, 0.5) is 11.4 Å². The fourth-order valence-electron chi connectivity index (χ4n) is 1.73. The summed E-state index contributed by atoms with van der Waals surface area (Å²) in [5.41, 5.74) is 1.43. The van der Waals surface area contributed by atoms with E-state index in [-0.39, 0.29) is 16.1 Å². The number of rotatable bonds is 5. The van der Waals surface area contributed by atoms with Crippen molar-refractivity contribution in [1.82, 2.24) is 0 Å². The number of ether oxygens (including phenoxy) is 1. The van der Waals surface area contributed by atoms with E-state index in [1.165, 1.54) is 6.07 Å². The summed E-state index contributed by atoms with van der Waals surface area (Å²) in [6.45, 7) is 6.30. The van der Waals surface area contributed by atoms with E-state index in [1.807, 2.05) is 13.8 Å². The zero-order chi connectivity index (χ0) is 13.1. The number of aryl methyl sites for hydroxylation is 1. The van der Waals surface area contributed by atoms with Crippen molar-refractivity contribution in [2.75, 3.05) is 19.0 Å². The van der Waals surface area contributed by atoms with E-state index in [4.69, 9.17) is 4.74 Å². The molecular weight excluding hydrogens is 220 g/mol. The summed E-state index contributed by atoms with van der Waals surface area (Å²) >= 11 is 0. The summed E-state index contributed by atoms with van der Waals surface area (Å²) in [5.74, 6) is 0. The maximum Gasteiger partial charge on any atom is 0.272 e. The van der Waals surface area contributed by atoms with Gasteiger partial charge in [0.1, 0.15) is 0 Å². The molecule has 0 unspecified atom stereocenters. The molecule has 0 bridgehead atoms. The molecule has 0 aromatic heterocycles. The summed E-state index contributed by atoms with van der Waals surface area (Å²) in [6.07, 6.45) is 0. The normalized spacial score (nSPS) is 11.3. The summed E-state index contributed by atoms with van der Waals surface area (Å²) in [7, 11) is 1.64. The van der Waals surface area contributed by atoms with Crippen LogP contribution in [0, 0.1) is 17.0 Å². The van der Waals surface area contributed by atoms with Gasteiger partial charge < -0.3 is 10.1 Å². The Morgan fingerprint density at radius 3 is 2.59 bits per heavy atom. The van der Waals surface area contributed by atoms with Crippen LogP contribution >= 0.6 is 0 Å². The number of hydrogen-bond acceptors (Lipinski definition) is 4. The molecule has 17 heavy (non-hydrogen) atoms. The van der Waals surface area contributed by atoms with Gasteiger partial charge in [0.25, 0.3) is 5.69 Å². The molecule has 1 rings (SSSR count). The molecule has 0 saturated carbocycles. The molecule has 0 aliphatic carbocycles. The Bertz CT molecular complexity index is 416.